The third-order valence-electron chi connectivity index (χ3n) is 0. The first-order chi connectivity index (χ1) is 1.41. The van der Waals surface area contributed by atoms with Gasteiger partial charge in [-0.15, -0.1) is 0 Å². The summed E-state index contributed by atoms with van der Waals surface area (Å²) in [6, 6.07) is 0. The zero-order valence-corrected chi connectivity index (χ0v) is 6.54. The molecule has 0 bridgehead atoms. The summed E-state index contributed by atoms with van der Waals surface area (Å²) in [5.74, 6) is 0. The molecule has 0 aliphatic heterocycles. The van der Waals surface area contributed by atoms with Crippen molar-refractivity contribution in [1.82, 2.24) is 0 Å². The molecule has 0 saturated heterocycles. The van der Waals surface area contributed by atoms with Gasteiger partial charge in [0.1, 0.15) is 0 Å². The third-order valence-corrected chi connectivity index (χ3v) is 0. The molecule has 0 heterocycles. The van der Waals surface area contributed by atoms with Crippen molar-refractivity contribution in [3.63, 3.8) is 0 Å². The van der Waals surface area contributed by atoms with E-state index in [4.69, 9.17) is 3.80 Å². The molecule has 1 nitrogen and oxygen atoms in total. The van der Waals surface area contributed by atoms with Crippen molar-refractivity contribution >= 4 is 12.6 Å². The van der Waals surface area contributed by atoms with Gasteiger partial charge in [0.05, 0.1) is 0 Å². The second-order valence-electron chi connectivity index (χ2n) is 0.0891. The van der Waals surface area contributed by atoms with Gasteiger partial charge in [-0.05, 0) is 0 Å². The quantitative estimate of drug-likeness (QED) is 0.549. The van der Waals surface area contributed by atoms with Crippen LogP contribution >= 0.6 is 0 Å². The Hall–Kier alpha value is 1.49. The molecule has 0 radical (unpaired) electrons. The van der Waals surface area contributed by atoms with Gasteiger partial charge in [-0.2, -0.15) is 0 Å². The third kappa shape index (κ3) is 9.75. The van der Waals surface area contributed by atoms with Crippen LogP contribution in [0.1, 0.15) is 0 Å². The molecule has 0 aliphatic rings. The summed E-state index contributed by atoms with van der Waals surface area (Å²) in [5, 5.41) is 0. The van der Waals surface area contributed by atoms with E-state index in [1.54, 1.807) is 0 Å². The molecule has 0 aromatic heterocycles. The van der Waals surface area contributed by atoms with Crippen LogP contribution in [0, 0.1) is 0 Å². The van der Waals surface area contributed by atoms with E-state index in [0.717, 1.165) is 0 Å². The Bertz CT molecular complexity index is 15.5. The summed E-state index contributed by atoms with van der Waals surface area (Å²) < 4.78 is 9.04. The number of hydrogen-bond acceptors (Lipinski definition) is 1. The molecule has 0 aromatic carbocycles. The van der Waals surface area contributed by atoms with Crippen LogP contribution in [-0.2, 0) is 37.4 Å². The fourth-order valence-electron chi connectivity index (χ4n) is 0. The summed E-state index contributed by atoms with van der Waals surface area (Å²) in [7, 11) is 0. The summed E-state index contributed by atoms with van der Waals surface area (Å²) in [6.07, 6.45) is 0. The first-order valence-corrected chi connectivity index (χ1v) is 6.07. The van der Waals surface area contributed by atoms with Gasteiger partial charge in [-0.3, -0.25) is 0 Å². The predicted octanol–water partition coefficient (Wildman–Crippen LogP) is -0.505. The minimum absolute atomic E-state index is 0. The average Bonchev–Trinajstić information content (AvgIpc) is 0.918. The Morgan fingerprint density at radius 1 is 1.75 bits per heavy atom. The molecule has 0 unspecified atom stereocenters. The topological polar surface area (TPSA) is 17.1 Å². The zero-order valence-electron chi connectivity index (χ0n) is 1.68. The van der Waals surface area contributed by atoms with Crippen molar-refractivity contribution in [3.05, 3.63) is 0 Å². The summed E-state index contributed by atoms with van der Waals surface area (Å²) in [5.41, 5.74) is 0. The van der Waals surface area contributed by atoms with Gasteiger partial charge < -0.3 is 0 Å². The fourth-order valence-corrected chi connectivity index (χ4v) is 0. The summed E-state index contributed by atoms with van der Waals surface area (Å²) in [6.45, 7) is 0. The predicted molar refractivity (Wildman–Crippen MR) is 6.44 cm³/mol. The van der Waals surface area contributed by atoms with Crippen LogP contribution in [0.2, 0.25) is 0 Å². The van der Waals surface area contributed by atoms with Crippen molar-refractivity contribution in [1.29, 1.82) is 0 Å². The minimum atomic E-state index is -0.444. The maximum atomic E-state index is 9.04. The molecule has 0 amide bonds. The Morgan fingerprint density at radius 3 is 1.75 bits per heavy atom. The fraction of sp³-hybridized carbons (Fsp3) is 0. The molecule has 0 aliphatic carbocycles. The van der Waals surface area contributed by atoms with E-state index in [-0.39, 0.29) is 16.5 Å². The Balaban J connectivity index is 0. The molecule has 0 N–H and O–H groups in total. The van der Waals surface area contributed by atoms with Crippen LogP contribution < -0.4 is 0 Å². The molecule has 0 spiro atoms. The molecule has 26 valence electrons. The van der Waals surface area contributed by atoms with E-state index in [9.17, 15) is 0 Å². The molecular weight excluding hydrogens is 288 g/mol. The van der Waals surface area contributed by atoms with E-state index in [0.29, 0.717) is 0 Å². The van der Waals surface area contributed by atoms with Gasteiger partial charge in [-0.1, -0.05) is 0 Å². The van der Waals surface area contributed by atoms with E-state index >= 15 is 0 Å². The van der Waals surface area contributed by atoms with E-state index in [1.165, 1.54) is 17.1 Å². The Morgan fingerprint density at radius 2 is 1.75 bits per heavy atom. The van der Waals surface area contributed by atoms with Gasteiger partial charge in [0, 0.05) is 16.5 Å². The first-order valence-electron chi connectivity index (χ1n) is 0.454. The maximum absolute atomic E-state index is 9.04. The van der Waals surface area contributed by atoms with Crippen LogP contribution in [0.5, 0.6) is 0 Å². The van der Waals surface area contributed by atoms with E-state index < -0.39 is 12.6 Å². The molecule has 0 saturated carbocycles. The van der Waals surface area contributed by atoms with E-state index in [2.05, 4.69) is 0 Å². The molecule has 4 heavy (non-hydrogen) atoms. The van der Waals surface area contributed by atoms with Crippen molar-refractivity contribution < 1.29 is 37.4 Å². The van der Waals surface area contributed by atoms with Crippen LogP contribution in [0.4, 0.5) is 0 Å². The Kier molecular flexibility index (Phi) is 20.0. The second kappa shape index (κ2) is 8.82. The van der Waals surface area contributed by atoms with Crippen molar-refractivity contribution in [3.8, 4) is 0 Å². The van der Waals surface area contributed by atoms with Crippen LogP contribution in [0.25, 0.3) is 0 Å². The standard InChI is InChI=1S/Al.Ni.O.Re. The van der Waals surface area contributed by atoms with Crippen LogP contribution in [-0.4, -0.2) is 12.6 Å². The normalized spacial score (nSPS) is 2.25. The SMILES string of the molecule is [Ni].[O]=[Al][Re]. The van der Waals surface area contributed by atoms with Crippen LogP contribution in [0.3, 0.4) is 0 Å². The second-order valence-corrected chi connectivity index (χ2v) is 2.19. The van der Waals surface area contributed by atoms with Crippen molar-refractivity contribution in [2.75, 3.05) is 0 Å². The molecule has 4 heteroatoms. The van der Waals surface area contributed by atoms with E-state index in [1.807, 2.05) is 0 Å². The molecule has 0 aromatic rings. The molecule has 0 atom stereocenters. The first kappa shape index (κ1) is 9.09. The zero-order chi connectivity index (χ0) is 2.71. The Labute approximate surface area is 49.8 Å². The van der Waals surface area contributed by atoms with Gasteiger partial charge >= 0.3 is 33.5 Å². The van der Waals surface area contributed by atoms with Crippen molar-refractivity contribution in [2.45, 2.75) is 0 Å². The van der Waals surface area contributed by atoms with Gasteiger partial charge in [0.2, 0.25) is 0 Å². The molecule has 0 rings (SSSR count). The molecule has 0 fully saturated rings. The summed E-state index contributed by atoms with van der Waals surface area (Å²) >= 11 is 0.906. The van der Waals surface area contributed by atoms with Crippen molar-refractivity contribution in [2.24, 2.45) is 0 Å². The summed E-state index contributed by atoms with van der Waals surface area (Å²) in [4.78, 5) is 0. The van der Waals surface area contributed by atoms with Gasteiger partial charge in [-0.25, -0.2) is 0 Å². The number of hydrogen-bond donors (Lipinski definition) is 0. The van der Waals surface area contributed by atoms with Gasteiger partial charge in [0.15, 0.2) is 0 Å². The molecular formula is AlNiORe. The van der Waals surface area contributed by atoms with Gasteiger partial charge in [0.25, 0.3) is 0 Å². The average molecular weight is 288 g/mol. The van der Waals surface area contributed by atoms with Crippen LogP contribution in [0.15, 0.2) is 0 Å². The number of rotatable bonds is 0. The monoisotopic (exact) mass is 288 g/mol.